The van der Waals surface area contributed by atoms with E-state index in [2.05, 4.69) is 11.7 Å². The fourth-order valence-corrected chi connectivity index (χ4v) is 0.361. The van der Waals surface area contributed by atoms with Crippen LogP contribution in [0.2, 0.25) is 0 Å². The van der Waals surface area contributed by atoms with E-state index in [4.69, 9.17) is 20.1 Å². The summed E-state index contributed by atoms with van der Waals surface area (Å²) in [5, 5.41) is 23.5. The molecule has 0 spiro atoms. The SMILES string of the molecule is CC(=O)O.CC(C)O.CCCCO.CCOC(C)=O.O. The fraction of sp³-hybridized carbons (Fsp3) is 0.846. The van der Waals surface area contributed by atoms with Gasteiger partial charge in [0.25, 0.3) is 5.97 Å². The monoisotopic (exact) mass is 300 g/mol. The summed E-state index contributed by atoms with van der Waals surface area (Å²) >= 11 is 0. The molecule has 0 heterocycles. The molecular formula is C13H32O7. The molecule has 0 amide bonds. The highest BCUT2D eigenvalue weighted by Gasteiger charge is 1.81. The Kier molecular flexibility index (Phi) is 48.0. The molecule has 0 aliphatic carbocycles. The van der Waals surface area contributed by atoms with Crippen LogP contribution in [0.25, 0.3) is 0 Å². The first-order valence-corrected chi connectivity index (χ1v) is 6.27. The molecule has 7 heteroatoms. The van der Waals surface area contributed by atoms with Crippen LogP contribution in [0.3, 0.4) is 0 Å². The maximum atomic E-state index is 9.82. The Morgan fingerprint density at radius 2 is 1.45 bits per heavy atom. The Balaban J connectivity index is -0.0000000499. The van der Waals surface area contributed by atoms with Gasteiger partial charge in [0.1, 0.15) is 0 Å². The van der Waals surface area contributed by atoms with Gasteiger partial charge in [-0.1, -0.05) is 13.3 Å². The number of rotatable bonds is 3. The van der Waals surface area contributed by atoms with Crippen LogP contribution in [0.4, 0.5) is 0 Å². The molecule has 0 radical (unpaired) electrons. The minimum atomic E-state index is -0.833. The summed E-state index contributed by atoms with van der Waals surface area (Å²) in [5.74, 6) is -1.04. The van der Waals surface area contributed by atoms with Crippen LogP contribution >= 0.6 is 0 Å². The first kappa shape index (κ1) is 31.3. The number of carboxylic acid groups (broad SMARTS) is 1. The van der Waals surface area contributed by atoms with Gasteiger partial charge in [-0.3, -0.25) is 9.59 Å². The van der Waals surface area contributed by atoms with E-state index in [1.54, 1.807) is 20.8 Å². The molecule has 0 aromatic rings. The standard InChI is InChI=1S/C4H8O2.C4H10O.C3H8O.C2H4O2.H2O/c1-3-6-4(2)5;1-2-3-4-5;1-3(2)4;1-2(3)4;/h3H2,1-2H3;5H,2-4H2,1H3;3-4H,1-2H3;1H3,(H,3,4);1H2. The molecule has 0 saturated carbocycles. The lowest BCUT2D eigenvalue weighted by molar-refractivity contribution is -0.140. The summed E-state index contributed by atoms with van der Waals surface area (Å²) < 4.78 is 4.40. The predicted molar refractivity (Wildman–Crippen MR) is 78.6 cm³/mol. The van der Waals surface area contributed by atoms with E-state index in [1.165, 1.54) is 6.92 Å². The number of unbranched alkanes of at least 4 members (excludes halogenated alkanes) is 1. The Morgan fingerprint density at radius 3 is 1.45 bits per heavy atom. The number of carbonyl (C=O) groups is 2. The minimum absolute atomic E-state index is 0. The van der Waals surface area contributed by atoms with Gasteiger partial charge in [0, 0.05) is 26.6 Å². The molecule has 0 rings (SSSR count). The number of aliphatic hydroxyl groups is 2. The van der Waals surface area contributed by atoms with Gasteiger partial charge in [0.2, 0.25) is 0 Å². The number of aliphatic carboxylic acids is 1. The maximum absolute atomic E-state index is 9.82. The fourth-order valence-electron chi connectivity index (χ4n) is 0.361. The lowest BCUT2D eigenvalue weighted by atomic mass is 10.4. The van der Waals surface area contributed by atoms with Crippen molar-refractivity contribution in [2.75, 3.05) is 13.2 Å². The van der Waals surface area contributed by atoms with E-state index in [9.17, 15) is 4.79 Å². The lowest BCUT2D eigenvalue weighted by Crippen LogP contribution is -1.95. The minimum Gasteiger partial charge on any atom is -0.481 e. The van der Waals surface area contributed by atoms with Gasteiger partial charge in [-0.05, 0) is 27.2 Å². The van der Waals surface area contributed by atoms with Crippen LogP contribution < -0.4 is 0 Å². The van der Waals surface area contributed by atoms with Crippen molar-refractivity contribution in [3.05, 3.63) is 0 Å². The lowest BCUT2D eigenvalue weighted by Gasteiger charge is -1.89. The average Bonchev–Trinajstić information content (AvgIpc) is 2.17. The largest absolute Gasteiger partial charge is 0.481 e. The topological polar surface area (TPSA) is 136 Å². The van der Waals surface area contributed by atoms with Gasteiger partial charge in [-0.2, -0.15) is 0 Å². The van der Waals surface area contributed by atoms with E-state index in [1.807, 2.05) is 0 Å². The summed E-state index contributed by atoms with van der Waals surface area (Å²) in [7, 11) is 0. The Hall–Kier alpha value is -1.18. The van der Waals surface area contributed by atoms with Crippen LogP contribution in [0.1, 0.15) is 54.4 Å². The molecule has 0 aliphatic heterocycles. The number of carboxylic acids is 1. The van der Waals surface area contributed by atoms with E-state index in [0.29, 0.717) is 13.2 Å². The third-order valence-electron chi connectivity index (χ3n) is 0.859. The van der Waals surface area contributed by atoms with E-state index in [0.717, 1.165) is 19.8 Å². The summed E-state index contributed by atoms with van der Waals surface area (Å²) in [6.45, 7) is 10.6. The molecule has 0 aromatic heterocycles. The number of ether oxygens (including phenoxy) is 1. The molecule has 20 heavy (non-hydrogen) atoms. The molecule has 126 valence electrons. The first-order valence-electron chi connectivity index (χ1n) is 6.27. The zero-order valence-electron chi connectivity index (χ0n) is 13.5. The van der Waals surface area contributed by atoms with E-state index < -0.39 is 5.97 Å². The summed E-state index contributed by atoms with van der Waals surface area (Å²) in [6.07, 6.45) is 1.87. The third kappa shape index (κ3) is 288. The zero-order valence-corrected chi connectivity index (χ0v) is 13.5. The normalized spacial score (nSPS) is 7.45. The van der Waals surface area contributed by atoms with Gasteiger partial charge in [-0.25, -0.2) is 0 Å². The molecule has 5 N–H and O–H groups in total. The van der Waals surface area contributed by atoms with Crippen LogP contribution in [-0.4, -0.2) is 52.1 Å². The molecule has 0 bridgehead atoms. The van der Waals surface area contributed by atoms with Crippen molar-refractivity contribution in [3.63, 3.8) is 0 Å². The Morgan fingerprint density at radius 1 is 1.15 bits per heavy atom. The second-order valence-corrected chi connectivity index (χ2v) is 3.61. The molecular weight excluding hydrogens is 268 g/mol. The summed E-state index contributed by atoms with van der Waals surface area (Å²) in [5.41, 5.74) is 0. The number of esters is 1. The van der Waals surface area contributed by atoms with Crippen LogP contribution in [0.15, 0.2) is 0 Å². The molecule has 0 aliphatic rings. The van der Waals surface area contributed by atoms with Crippen LogP contribution in [0, 0.1) is 0 Å². The van der Waals surface area contributed by atoms with Gasteiger partial charge in [0.05, 0.1) is 6.61 Å². The van der Waals surface area contributed by atoms with E-state index in [-0.39, 0.29) is 17.5 Å². The first-order chi connectivity index (χ1) is 8.65. The highest BCUT2D eigenvalue weighted by molar-refractivity contribution is 5.65. The number of hydrogen-bond acceptors (Lipinski definition) is 5. The Bertz CT molecular complexity index is 173. The highest BCUT2D eigenvalue weighted by atomic mass is 16.5. The maximum Gasteiger partial charge on any atom is 0.302 e. The zero-order chi connectivity index (χ0) is 16.3. The van der Waals surface area contributed by atoms with Gasteiger partial charge < -0.3 is 25.5 Å². The summed E-state index contributed by atoms with van der Waals surface area (Å²) in [4.78, 5) is 18.8. The van der Waals surface area contributed by atoms with Crippen molar-refractivity contribution in [1.29, 1.82) is 0 Å². The predicted octanol–water partition coefficient (Wildman–Crippen LogP) is 1.00. The van der Waals surface area contributed by atoms with Crippen LogP contribution in [0.5, 0.6) is 0 Å². The average molecular weight is 300 g/mol. The quantitative estimate of drug-likeness (QED) is 0.665. The number of aliphatic hydroxyl groups excluding tert-OH is 2. The van der Waals surface area contributed by atoms with Crippen molar-refractivity contribution in [2.45, 2.75) is 60.5 Å². The molecule has 0 aromatic carbocycles. The highest BCUT2D eigenvalue weighted by Crippen LogP contribution is 1.78. The van der Waals surface area contributed by atoms with Crippen molar-refractivity contribution >= 4 is 11.9 Å². The van der Waals surface area contributed by atoms with Crippen molar-refractivity contribution in [1.82, 2.24) is 0 Å². The van der Waals surface area contributed by atoms with Crippen molar-refractivity contribution in [2.24, 2.45) is 0 Å². The molecule has 0 atom stereocenters. The van der Waals surface area contributed by atoms with Gasteiger partial charge >= 0.3 is 5.97 Å². The second-order valence-electron chi connectivity index (χ2n) is 3.61. The Labute approximate surface area is 121 Å². The summed E-state index contributed by atoms with van der Waals surface area (Å²) in [6, 6.07) is 0. The van der Waals surface area contributed by atoms with Crippen molar-refractivity contribution < 1.29 is 35.1 Å². The molecule has 7 nitrogen and oxygen atoms in total. The van der Waals surface area contributed by atoms with E-state index >= 15 is 0 Å². The number of hydrogen-bond donors (Lipinski definition) is 3. The smallest absolute Gasteiger partial charge is 0.302 e. The van der Waals surface area contributed by atoms with Crippen molar-refractivity contribution in [3.8, 4) is 0 Å². The third-order valence-corrected chi connectivity index (χ3v) is 0.859. The van der Waals surface area contributed by atoms with Crippen LogP contribution in [-0.2, 0) is 14.3 Å². The molecule has 0 saturated heterocycles. The number of carbonyl (C=O) groups excluding carboxylic acids is 1. The second kappa shape index (κ2) is 30.7. The molecule has 0 fully saturated rings. The van der Waals surface area contributed by atoms with Gasteiger partial charge in [-0.15, -0.1) is 0 Å². The molecule has 0 unspecified atom stereocenters. The van der Waals surface area contributed by atoms with Gasteiger partial charge in [0.15, 0.2) is 0 Å².